The Morgan fingerprint density at radius 1 is 1.23 bits per heavy atom. The monoisotopic (exact) mass is 361 g/mol. The van der Waals surface area contributed by atoms with Crippen LogP contribution in [-0.4, -0.2) is 36.8 Å². The van der Waals surface area contributed by atoms with Gasteiger partial charge in [-0.1, -0.05) is 6.07 Å². The fourth-order valence-electron chi connectivity index (χ4n) is 2.27. The summed E-state index contributed by atoms with van der Waals surface area (Å²) in [7, 11) is 2.98. The molecule has 1 atom stereocenters. The number of urea groups is 1. The minimum Gasteiger partial charge on any atom is -0.497 e. The maximum absolute atomic E-state index is 11.9. The lowest BCUT2D eigenvalue weighted by molar-refractivity contribution is -0.384. The molecule has 3 N–H and O–H groups in total. The lowest BCUT2D eigenvalue weighted by atomic mass is 10.1. The molecule has 2 aromatic rings. The van der Waals surface area contributed by atoms with Crippen LogP contribution in [0.1, 0.15) is 11.7 Å². The predicted octanol–water partition coefficient (Wildman–Crippen LogP) is 2.47. The number of non-ortho nitro benzene ring substituents is 1. The van der Waals surface area contributed by atoms with E-state index in [1.807, 2.05) is 0 Å². The summed E-state index contributed by atoms with van der Waals surface area (Å²) in [6, 6.07) is 9.90. The molecule has 2 aromatic carbocycles. The van der Waals surface area contributed by atoms with Gasteiger partial charge in [-0.15, -0.1) is 0 Å². The molecule has 9 heteroatoms. The van der Waals surface area contributed by atoms with Gasteiger partial charge in [0.05, 0.1) is 19.1 Å². The van der Waals surface area contributed by atoms with Crippen molar-refractivity contribution in [1.82, 2.24) is 5.32 Å². The zero-order valence-electron chi connectivity index (χ0n) is 14.3. The highest BCUT2D eigenvalue weighted by molar-refractivity contribution is 5.89. The summed E-state index contributed by atoms with van der Waals surface area (Å²) in [5.74, 6) is 1.00. The molecule has 0 saturated heterocycles. The van der Waals surface area contributed by atoms with Crippen LogP contribution in [0.15, 0.2) is 42.5 Å². The van der Waals surface area contributed by atoms with Gasteiger partial charge in [0, 0.05) is 29.9 Å². The third-order valence-corrected chi connectivity index (χ3v) is 3.57. The van der Waals surface area contributed by atoms with Gasteiger partial charge in [0.1, 0.15) is 17.6 Å². The van der Waals surface area contributed by atoms with Gasteiger partial charge in [-0.2, -0.15) is 0 Å². The lowest BCUT2D eigenvalue weighted by Gasteiger charge is -2.16. The van der Waals surface area contributed by atoms with E-state index in [4.69, 9.17) is 9.47 Å². The highest BCUT2D eigenvalue weighted by Crippen LogP contribution is 2.29. The minimum atomic E-state index is -1.03. The number of carbonyl (C=O) groups excluding carboxylic acids is 1. The van der Waals surface area contributed by atoms with E-state index in [1.54, 1.807) is 18.2 Å². The second-order valence-electron chi connectivity index (χ2n) is 5.27. The normalized spacial score (nSPS) is 11.3. The Morgan fingerprint density at radius 2 is 2.00 bits per heavy atom. The van der Waals surface area contributed by atoms with Crippen LogP contribution in [0.3, 0.4) is 0 Å². The number of nitrogens with one attached hydrogen (secondary N) is 2. The molecule has 0 aliphatic heterocycles. The number of nitrogens with zero attached hydrogens (tertiary/aromatic N) is 1. The van der Waals surface area contributed by atoms with Gasteiger partial charge in [-0.3, -0.25) is 10.1 Å². The van der Waals surface area contributed by atoms with E-state index in [1.165, 1.54) is 38.5 Å². The number of hydrogen-bond donors (Lipinski definition) is 3. The Labute approximate surface area is 149 Å². The molecule has 0 saturated carbocycles. The first kappa shape index (κ1) is 19.0. The number of nitro benzene ring substituents is 1. The third kappa shape index (κ3) is 4.84. The topological polar surface area (TPSA) is 123 Å². The number of amides is 2. The van der Waals surface area contributed by atoms with Crippen molar-refractivity contribution in [2.45, 2.75) is 6.10 Å². The van der Waals surface area contributed by atoms with E-state index >= 15 is 0 Å². The number of carbonyl (C=O) groups is 1. The van der Waals surface area contributed by atoms with Gasteiger partial charge in [0.15, 0.2) is 0 Å². The maximum Gasteiger partial charge on any atom is 0.319 e. The first-order valence-corrected chi connectivity index (χ1v) is 7.64. The van der Waals surface area contributed by atoms with Gasteiger partial charge in [-0.25, -0.2) is 4.79 Å². The van der Waals surface area contributed by atoms with Gasteiger partial charge >= 0.3 is 6.03 Å². The first-order valence-electron chi connectivity index (χ1n) is 7.64. The Morgan fingerprint density at radius 3 is 2.65 bits per heavy atom. The molecule has 0 aliphatic carbocycles. The fourth-order valence-corrected chi connectivity index (χ4v) is 2.27. The SMILES string of the molecule is COc1ccc(OC)c([C@@H](O)CNC(=O)Nc2cccc([N+](=O)[O-])c2)c1. The molecule has 138 valence electrons. The molecule has 0 bridgehead atoms. The molecule has 0 aliphatic rings. The number of ether oxygens (including phenoxy) is 2. The average molecular weight is 361 g/mol. The van der Waals surface area contributed by atoms with Crippen molar-refractivity contribution in [2.75, 3.05) is 26.1 Å². The van der Waals surface area contributed by atoms with Crippen LogP contribution in [0.4, 0.5) is 16.2 Å². The number of anilines is 1. The Kier molecular flexibility index (Phi) is 6.34. The van der Waals surface area contributed by atoms with Crippen LogP contribution in [0.2, 0.25) is 0 Å². The van der Waals surface area contributed by atoms with E-state index in [2.05, 4.69) is 10.6 Å². The zero-order valence-corrected chi connectivity index (χ0v) is 14.3. The van der Waals surface area contributed by atoms with Crippen molar-refractivity contribution in [2.24, 2.45) is 0 Å². The van der Waals surface area contributed by atoms with Crippen molar-refractivity contribution in [1.29, 1.82) is 0 Å². The molecular weight excluding hydrogens is 342 g/mol. The van der Waals surface area contributed by atoms with Gasteiger partial charge in [0.25, 0.3) is 5.69 Å². The molecular formula is C17H19N3O6. The summed E-state index contributed by atoms with van der Waals surface area (Å²) < 4.78 is 10.3. The van der Waals surface area contributed by atoms with Gasteiger partial charge in [-0.05, 0) is 24.3 Å². The second-order valence-corrected chi connectivity index (χ2v) is 5.27. The quantitative estimate of drug-likeness (QED) is 0.514. The zero-order chi connectivity index (χ0) is 19.1. The highest BCUT2D eigenvalue weighted by Gasteiger charge is 2.16. The summed E-state index contributed by atoms with van der Waals surface area (Å²) >= 11 is 0. The molecule has 0 aromatic heterocycles. The molecule has 2 rings (SSSR count). The largest absolute Gasteiger partial charge is 0.497 e. The second kappa shape index (κ2) is 8.67. The lowest BCUT2D eigenvalue weighted by Crippen LogP contribution is -2.32. The van der Waals surface area contributed by atoms with Crippen molar-refractivity contribution in [3.63, 3.8) is 0 Å². The van der Waals surface area contributed by atoms with Crippen LogP contribution in [0, 0.1) is 10.1 Å². The van der Waals surface area contributed by atoms with Crippen LogP contribution in [0.5, 0.6) is 11.5 Å². The maximum atomic E-state index is 11.9. The van der Waals surface area contributed by atoms with Gasteiger partial charge < -0.3 is 25.2 Å². The predicted molar refractivity (Wildman–Crippen MR) is 94.6 cm³/mol. The van der Waals surface area contributed by atoms with Crippen LogP contribution >= 0.6 is 0 Å². The average Bonchev–Trinajstić information content (AvgIpc) is 2.65. The van der Waals surface area contributed by atoms with Crippen molar-refractivity contribution in [3.05, 3.63) is 58.1 Å². The Bertz CT molecular complexity index is 796. The summed E-state index contributed by atoms with van der Waals surface area (Å²) in [5, 5.41) is 26.0. The first-order chi connectivity index (χ1) is 12.4. The molecule has 0 radical (unpaired) electrons. The van der Waals surface area contributed by atoms with Crippen molar-refractivity contribution < 1.29 is 24.3 Å². The van der Waals surface area contributed by atoms with E-state index in [-0.39, 0.29) is 17.9 Å². The highest BCUT2D eigenvalue weighted by atomic mass is 16.6. The standard InChI is InChI=1S/C17H19N3O6/c1-25-13-6-7-16(26-2)14(9-13)15(21)10-18-17(22)19-11-4-3-5-12(8-11)20(23)24/h3-9,15,21H,10H2,1-2H3,(H2,18,19,22)/t15-/m0/s1. The number of aliphatic hydroxyl groups is 1. The molecule has 0 heterocycles. The molecule has 9 nitrogen and oxygen atoms in total. The number of rotatable bonds is 7. The van der Waals surface area contributed by atoms with Gasteiger partial charge in [0.2, 0.25) is 0 Å². The number of hydrogen-bond acceptors (Lipinski definition) is 6. The molecule has 26 heavy (non-hydrogen) atoms. The van der Waals surface area contributed by atoms with Crippen molar-refractivity contribution in [3.8, 4) is 11.5 Å². The Hall–Kier alpha value is -3.33. The van der Waals surface area contributed by atoms with Crippen molar-refractivity contribution >= 4 is 17.4 Å². The Balaban J connectivity index is 1.99. The number of aliphatic hydroxyl groups excluding tert-OH is 1. The molecule has 0 fully saturated rings. The number of benzene rings is 2. The number of methoxy groups -OCH3 is 2. The van der Waals surface area contributed by atoms with E-state index in [9.17, 15) is 20.0 Å². The van der Waals surface area contributed by atoms with E-state index in [0.717, 1.165) is 0 Å². The van der Waals surface area contributed by atoms with Crippen LogP contribution < -0.4 is 20.1 Å². The summed E-state index contributed by atoms with van der Waals surface area (Å²) in [6.45, 7) is -0.0930. The van der Waals surface area contributed by atoms with Crippen LogP contribution in [-0.2, 0) is 0 Å². The summed E-state index contributed by atoms with van der Waals surface area (Å²) in [6.07, 6.45) is -1.03. The molecule has 0 unspecified atom stereocenters. The summed E-state index contributed by atoms with van der Waals surface area (Å²) in [5.41, 5.74) is 0.594. The fraction of sp³-hybridized carbons (Fsp3) is 0.235. The molecule has 2 amide bonds. The van der Waals surface area contributed by atoms with E-state index in [0.29, 0.717) is 17.1 Å². The van der Waals surface area contributed by atoms with E-state index < -0.39 is 17.1 Å². The van der Waals surface area contributed by atoms with Crippen LogP contribution in [0.25, 0.3) is 0 Å². The minimum absolute atomic E-state index is 0.0930. The number of nitro groups is 1. The molecule has 0 spiro atoms. The smallest absolute Gasteiger partial charge is 0.319 e. The third-order valence-electron chi connectivity index (χ3n) is 3.57. The summed E-state index contributed by atoms with van der Waals surface area (Å²) in [4.78, 5) is 22.1.